The third-order valence-corrected chi connectivity index (χ3v) is 2.10. The van der Waals surface area contributed by atoms with E-state index in [1.807, 2.05) is 20.8 Å². The van der Waals surface area contributed by atoms with Gasteiger partial charge in [0.2, 0.25) is 11.9 Å². The molecule has 0 unspecified atom stereocenters. The first-order chi connectivity index (χ1) is 8.78. The van der Waals surface area contributed by atoms with Crippen molar-refractivity contribution < 1.29 is 14.0 Å². The maximum atomic E-state index is 12.8. The van der Waals surface area contributed by atoms with Crippen molar-refractivity contribution in [2.75, 3.05) is 6.54 Å². The van der Waals surface area contributed by atoms with Crippen molar-refractivity contribution in [2.24, 2.45) is 0 Å². The van der Waals surface area contributed by atoms with E-state index in [2.05, 4.69) is 15.6 Å². The summed E-state index contributed by atoms with van der Waals surface area (Å²) < 4.78 is 12.8. The molecule has 0 aliphatic rings. The molecule has 6 heteroatoms. The minimum atomic E-state index is -0.710. The molecule has 104 valence electrons. The standard InChI is InChI=1S/C13H18FN3O2/c1-13(2,3)17-11(18)7-8-15-12(19)9-5-4-6-10(14)16-9/h4-6H,7-8H2,1-3H3,(H,15,19)(H,17,18). The highest BCUT2D eigenvalue weighted by atomic mass is 19.1. The lowest BCUT2D eigenvalue weighted by molar-refractivity contribution is -0.122. The number of nitrogens with zero attached hydrogens (tertiary/aromatic N) is 1. The zero-order valence-corrected chi connectivity index (χ0v) is 11.3. The van der Waals surface area contributed by atoms with Crippen molar-refractivity contribution >= 4 is 11.8 Å². The van der Waals surface area contributed by atoms with E-state index in [4.69, 9.17) is 0 Å². The lowest BCUT2D eigenvalue weighted by atomic mass is 10.1. The molecule has 1 aromatic heterocycles. The summed E-state index contributed by atoms with van der Waals surface area (Å²) in [7, 11) is 0. The highest BCUT2D eigenvalue weighted by Gasteiger charge is 2.14. The molecule has 0 fully saturated rings. The summed E-state index contributed by atoms with van der Waals surface area (Å²) in [5.41, 5.74) is -0.304. The summed E-state index contributed by atoms with van der Waals surface area (Å²) in [6.07, 6.45) is 0.165. The van der Waals surface area contributed by atoms with Crippen molar-refractivity contribution in [3.8, 4) is 0 Å². The summed E-state index contributed by atoms with van der Waals surface area (Å²) in [6.45, 7) is 5.80. The van der Waals surface area contributed by atoms with E-state index in [-0.39, 0.29) is 30.1 Å². The summed E-state index contributed by atoms with van der Waals surface area (Å²) in [5, 5.41) is 5.29. The van der Waals surface area contributed by atoms with E-state index in [9.17, 15) is 14.0 Å². The molecule has 1 heterocycles. The molecule has 0 saturated carbocycles. The second-order valence-corrected chi connectivity index (χ2v) is 5.15. The van der Waals surface area contributed by atoms with Crippen LogP contribution in [0.1, 0.15) is 37.7 Å². The monoisotopic (exact) mass is 267 g/mol. The van der Waals surface area contributed by atoms with Crippen LogP contribution in [-0.4, -0.2) is 28.9 Å². The Labute approximate surface area is 111 Å². The molecular weight excluding hydrogens is 249 g/mol. The van der Waals surface area contributed by atoms with Crippen LogP contribution in [0.4, 0.5) is 4.39 Å². The Balaban J connectivity index is 2.37. The van der Waals surface area contributed by atoms with E-state index < -0.39 is 11.9 Å². The number of rotatable bonds is 4. The lowest BCUT2D eigenvalue weighted by Gasteiger charge is -2.20. The highest BCUT2D eigenvalue weighted by Crippen LogP contribution is 1.99. The Morgan fingerprint density at radius 1 is 1.32 bits per heavy atom. The van der Waals surface area contributed by atoms with Crippen LogP contribution < -0.4 is 10.6 Å². The average Bonchev–Trinajstić information content (AvgIpc) is 2.26. The van der Waals surface area contributed by atoms with Gasteiger partial charge in [-0.3, -0.25) is 9.59 Å². The molecule has 0 saturated heterocycles. The van der Waals surface area contributed by atoms with Gasteiger partial charge in [0.1, 0.15) is 5.69 Å². The molecule has 0 spiro atoms. The molecule has 1 rings (SSSR count). The molecule has 0 radical (unpaired) electrons. The maximum Gasteiger partial charge on any atom is 0.270 e. The van der Waals surface area contributed by atoms with E-state index >= 15 is 0 Å². The molecule has 2 amide bonds. The quantitative estimate of drug-likeness (QED) is 0.807. The van der Waals surface area contributed by atoms with Crippen LogP contribution in [0, 0.1) is 5.95 Å². The van der Waals surface area contributed by atoms with Gasteiger partial charge in [0.05, 0.1) is 0 Å². The number of hydrogen-bond acceptors (Lipinski definition) is 3. The van der Waals surface area contributed by atoms with E-state index in [1.54, 1.807) is 0 Å². The Morgan fingerprint density at radius 3 is 2.58 bits per heavy atom. The molecular formula is C13H18FN3O2. The van der Waals surface area contributed by atoms with Crippen LogP contribution in [-0.2, 0) is 4.79 Å². The van der Waals surface area contributed by atoms with Gasteiger partial charge in [0.15, 0.2) is 0 Å². The van der Waals surface area contributed by atoms with Crippen LogP contribution in [0.3, 0.4) is 0 Å². The van der Waals surface area contributed by atoms with Crippen LogP contribution in [0.5, 0.6) is 0 Å². The van der Waals surface area contributed by atoms with Gasteiger partial charge in [-0.2, -0.15) is 4.39 Å². The lowest BCUT2D eigenvalue weighted by Crippen LogP contribution is -2.42. The van der Waals surface area contributed by atoms with Crippen molar-refractivity contribution in [3.63, 3.8) is 0 Å². The fourth-order valence-electron chi connectivity index (χ4n) is 1.40. The van der Waals surface area contributed by atoms with Crippen LogP contribution in [0.15, 0.2) is 18.2 Å². The maximum absolute atomic E-state index is 12.8. The molecule has 5 nitrogen and oxygen atoms in total. The molecule has 0 bridgehead atoms. The SMILES string of the molecule is CC(C)(C)NC(=O)CCNC(=O)c1cccc(F)n1. The molecule has 0 aliphatic carbocycles. The third-order valence-electron chi connectivity index (χ3n) is 2.10. The minimum Gasteiger partial charge on any atom is -0.351 e. The molecule has 0 atom stereocenters. The highest BCUT2D eigenvalue weighted by molar-refractivity contribution is 5.92. The topological polar surface area (TPSA) is 71.1 Å². The predicted molar refractivity (Wildman–Crippen MR) is 69.0 cm³/mol. The Hall–Kier alpha value is -1.98. The van der Waals surface area contributed by atoms with Gasteiger partial charge in [-0.25, -0.2) is 4.98 Å². The number of carbonyl (C=O) groups excluding carboxylic acids is 2. The van der Waals surface area contributed by atoms with Gasteiger partial charge in [-0.05, 0) is 32.9 Å². The van der Waals surface area contributed by atoms with E-state index in [1.165, 1.54) is 12.1 Å². The second-order valence-electron chi connectivity index (χ2n) is 5.15. The summed E-state index contributed by atoms with van der Waals surface area (Å²) >= 11 is 0. The van der Waals surface area contributed by atoms with Crippen molar-refractivity contribution in [1.29, 1.82) is 0 Å². The first-order valence-corrected chi connectivity index (χ1v) is 6.00. The first kappa shape index (κ1) is 15.1. The number of halogens is 1. The van der Waals surface area contributed by atoms with Crippen molar-refractivity contribution in [2.45, 2.75) is 32.7 Å². The second kappa shape index (κ2) is 6.26. The molecule has 19 heavy (non-hydrogen) atoms. The largest absolute Gasteiger partial charge is 0.351 e. The third kappa shape index (κ3) is 5.94. The van der Waals surface area contributed by atoms with Crippen LogP contribution >= 0.6 is 0 Å². The summed E-state index contributed by atoms with van der Waals surface area (Å²) in [5.74, 6) is -1.36. The van der Waals surface area contributed by atoms with Crippen molar-refractivity contribution in [1.82, 2.24) is 15.6 Å². The summed E-state index contributed by atoms with van der Waals surface area (Å²) in [6, 6.07) is 3.98. The number of nitrogens with one attached hydrogen (secondary N) is 2. The minimum absolute atomic E-state index is 0.00349. The van der Waals surface area contributed by atoms with Gasteiger partial charge in [0.25, 0.3) is 5.91 Å². The Kier molecular flexibility index (Phi) is 4.97. The summed E-state index contributed by atoms with van der Waals surface area (Å²) in [4.78, 5) is 26.5. The smallest absolute Gasteiger partial charge is 0.270 e. The van der Waals surface area contributed by atoms with Gasteiger partial charge >= 0.3 is 0 Å². The van der Waals surface area contributed by atoms with Gasteiger partial charge < -0.3 is 10.6 Å². The normalized spacial score (nSPS) is 10.9. The number of aromatic nitrogens is 1. The Morgan fingerprint density at radius 2 is 2.00 bits per heavy atom. The number of pyridine rings is 1. The molecule has 1 aromatic rings. The molecule has 2 N–H and O–H groups in total. The average molecular weight is 267 g/mol. The van der Waals surface area contributed by atoms with Gasteiger partial charge in [0, 0.05) is 18.5 Å². The predicted octanol–water partition coefficient (Wildman–Crippen LogP) is 1.26. The number of carbonyl (C=O) groups is 2. The van der Waals surface area contributed by atoms with Gasteiger partial charge in [-0.15, -0.1) is 0 Å². The molecule has 0 aliphatic heterocycles. The fraction of sp³-hybridized carbons (Fsp3) is 0.462. The number of hydrogen-bond donors (Lipinski definition) is 2. The Bertz CT molecular complexity index is 469. The van der Waals surface area contributed by atoms with Crippen molar-refractivity contribution in [3.05, 3.63) is 29.8 Å². The zero-order valence-electron chi connectivity index (χ0n) is 11.3. The zero-order chi connectivity index (χ0) is 14.5. The van der Waals surface area contributed by atoms with E-state index in [0.29, 0.717) is 0 Å². The van der Waals surface area contributed by atoms with Gasteiger partial charge in [-0.1, -0.05) is 6.07 Å². The molecule has 0 aromatic carbocycles. The first-order valence-electron chi connectivity index (χ1n) is 6.00. The number of amides is 2. The van der Waals surface area contributed by atoms with Crippen LogP contribution in [0.25, 0.3) is 0 Å². The fourth-order valence-corrected chi connectivity index (χ4v) is 1.40. The van der Waals surface area contributed by atoms with E-state index in [0.717, 1.165) is 6.07 Å². The van der Waals surface area contributed by atoms with Crippen LogP contribution in [0.2, 0.25) is 0 Å².